The van der Waals surface area contributed by atoms with Crippen LogP contribution in [-0.4, -0.2) is 48.0 Å². The smallest absolute Gasteiger partial charge is 0.0774 e. The molecule has 100 valence electrons. The molecule has 3 nitrogen and oxygen atoms in total. The van der Waals surface area contributed by atoms with E-state index in [1.807, 2.05) is 0 Å². The first-order valence-corrected chi connectivity index (χ1v) is 7.17. The van der Waals surface area contributed by atoms with Crippen molar-refractivity contribution in [3.8, 4) is 0 Å². The van der Waals surface area contributed by atoms with Crippen LogP contribution in [0.1, 0.15) is 46.0 Å². The summed E-state index contributed by atoms with van der Waals surface area (Å²) in [7, 11) is 0. The molecule has 0 aromatic rings. The van der Waals surface area contributed by atoms with Crippen molar-refractivity contribution >= 4 is 0 Å². The van der Waals surface area contributed by atoms with Crippen molar-refractivity contribution in [3.63, 3.8) is 0 Å². The number of morpholine rings is 1. The third-order valence-electron chi connectivity index (χ3n) is 4.52. The molecule has 1 saturated carbocycles. The molecular weight excluding hydrogens is 214 g/mol. The van der Waals surface area contributed by atoms with Crippen LogP contribution in [0, 0.1) is 5.92 Å². The van der Waals surface area contributed by atoms with E-state index in [2.05, 4.69) is 18.7 Å². The van der Waals surface area contributed by atoms with Crippen LogP contribution in [0.2, 0.25) is 0 Å². The summed E-state index contributed by atoms with van der Waals surface area (Å²) in [6, 6.07) is 0.507. The summed E-state index contributed by atoms with van der Waals surface area (Å²) in [6.07, 6.45) is 5.42. The molecule has 1 unspecified atom stereocenters. The maximum absolute atomic E-state index is 10.7. The largest absolute Gasteiger partial charge is 0.389 e. The van der Waals surface area contributed by atoms with E-state index >= 15 is 0 Å². The summed E-state index contributed by atoms with van der Waals surface area (Å²) < 4.78 is 5.52. The average Bonchev–Trinajstić information content (AvgIpc) is 2.34. The van der Waals surface area contributed by atoms with Gasteiger partial charge in [0, 0.05) is 19.1 Å². The van der Waals surface area contributed by atoms with Crippen molar-refractivity contribution in [2.75, 3.05) is 26.3 Å². The molecule has 1 heterocycles. The molecule has 0 radical (unpaired) electrons. The van der Waals surface area contributed by atoms with E-state index in [9.17, 15) is 5.11 Å². The Morgan fingerprint density at radius 3 is 2.71 bits per heavy atom. The van der Waals surface area contributed by atoms with Crippen molar-refractivity contribution < 1.29 is 9.84 Å². The van der Waals surface area contributed by atoms with Gasteiger partial charge in [-0.05, 0) is 38.0 Å². The Kier molecular flexibility index (Phi) is 4.45. The molecule has 2 rings (SSSR count). The zero-order chi connectivity index (χ0) is 12.3. The molecule has 0 amide bonds. The van der Waals surface area contributed by atoms with E-state index in [0.29, 0.717) is 6.04 Å². The molecule has 0 aromatic carbocycles. The number of ether oxygens (including phenoxy) is 1. The zero-order valence-electron chi connectivity index (χ0n) is 11.3. The summed E-state index contributed by atoms with van der Waals surface area (Å²) in [5, 5.41) is 10.7. The first-order chi connectivity index (χ1) is 8.13. The molecule has 1 N–H and O–H groups in total. The monoisotopic (exact) mass is 241 g/mol. The van der Waals surface area contributed by atoms with Crippen molar-refractivity contribution in [3.05, 3.63) is 0 Å². The van der Waals surface area contributed by atoms with Crippen molar-refractivity contribution in [1.29, 1.82) is 0 Å². The lowest BCUT2D eigenvalue weighted by Gasteiger charge is -2.43. The van der Waals surface area contributed by atoms with Gasteiger partial charge in [-0.3, -0.25) is 4.90 Å². The lowest BCUT2D eigenvalue weighted by Crippen LogP contribution is -2.53. The fourth-order valence-electron chi connectivity index (χ4n) is 3.11. The van der Waals surface area contributed by atoms with Gasteiger partial charge < -0.3 is 9.84 Å². The second kappa shape index (κ2) is 5.68. The molecule has 1 atom stereocenters. The fourth-order valence-corrected chi connectivity index (χ4v) is 3.11. The zero-order valence-corrected chi connectivity index (χ0v) is 11.3. The van der Waals surface area contributed by atoms with Crippen LogP contribution >= 0.6 is 0 Å². The highest BCUT2D eigenvalue weighted by Gasteiger charge is 2.35. The Morgan fingerprint density at radius 2 is 2.06 bits per heavy atom. The normalized spacial score (nSPS) is 40.4. The number of rotatable bonds is 3. The summed E-state index contributed by atoms with van der Waals surface area (Å²) in [4.78, 5) is 2.44. The molecule has 1 aliphatic carbocycles. The first kappa shape index (κ1) is 13.3. The number of nitrogens with zero attached hydrogens (tertiary/aromatic N) is 1. The Hall–Kier alpha value is -0.120. The van der Waals surface area contributed by atoms with Crippen molar-refractivity contribution in [2.45, 2.75) is 57.6 Å². The minimum atomic E-state index is -0.433. The highest BCUT2D eigenvalue weighted by atomic mass is 16.5. The number of aliphatic hydroxyl groups is 1. The summed E-state index contributed by atoms with van der Waals surface area (Å²) in [5.41, 5.74) is -0.433. The molecule has 3 heteroatoms. The average molecular weight is 241 g/mol. The first-order valence-electron chi connectivity index (χ1n) is 7.17. The van der Waals surface area contributed by atoms with Gasteiger partial charge in [-0.25, -0.2) is 0 Å². The molecule has 1 aliphatic heterocycles. The standard InChI is InChI=1S/C14H27NO2/c1-3-13-10-17-9-8-15(13)11-14(16)6-4-12(2)5-7-14/h12-13,16H,3-11H2,1-2H3. The van der Waals surface area contributed by atoms with Gasteiger partial charge in [0.05, 0.1) is 18.8 Å². The Labute approximate surface area is 105 Å². The van der Waals surface area contributed by atoms with Crippen LogP contribution in [-0.2, 0) is 4.74 Å². The lowest BCUT2D eigenvalue weighted by atomic mass is 9.79. The molecular formula is C14H27NO2. The molecule has 2 aliphatic rings. The van der Waals surface area contributed by atoms with Gasteiger partial charge in [-0.2, -0.15) is 0 Å². The van der Waals surface area contributed by atoms with E-state index in [1.54, 1.807) is 0 Å². The van der Waals surface area contributed by atoms with Crippen LogP contribution in [0.15, 0.2) is 0 Å². The summed E-state index contributed by atoms with van der Waals surface area (Å²) >= 11 is 0. The second-order valence-corrected chi connectivity index (χ2v) is 6.01. The molecule has 0 spiro atoms. The predicted molar refractivity (Wildman–Crippen MR) is 69.1 cm³/mol. The van der Waals surface area contributed by atoms with Crippen LogP contribution in [0.3, 0.4) is 0 Å². The summed E-state index contributed by atoms with van der Waals surface area (Å²) in [6.45, 7) is 7.99. The van der Waals surface area contributed by atoms with Crippen LogP contribution in [0.4, 0.5) is 0 Å². The van der Waals surface area contributed by atoms with Gasteiger partial charge >= 0.3 is 0 Å². The number of hydrogen-bond acceptors (Lipinski definition) is 3. The molecule has 1 saturated heterocycles. The molecule has 2 fully saturated rings. The van der Waals surface area contributed by atoms with Gasteiger partial charge in [-0.15, -0.1) is 0 Å². The third-order valence-corrected chi connectivity index (χ3v) is 4.52. The Balaban J connectivity index is 1.89. The highest BCUT2D eigenvalue weighted by Crippen LogP contribution is 2.33. The van der Waals surface area contributed by atoms with Crippen LogP contribution < -0.4 is 0 Å². The third kappa shape index (κ3) is 3.43. The Bertz CT molecular complexity index is 236. The maximum Gasteiger partial charge on any atom is 0.0774 e. The van der Waals surface area contributed by atoms with Crippen molar-refractivity contribution in [2.24, 2.45) is 5.92 Å². The van der Waals surface area contributed by atoms with Gasteiger partial charge in [0.2, 0.25) is 0 Å². The van der Waals surface area contributed by atoms with Crippen LogP contribution in [0.5, 0.6) is 0 Å². The van der Waals surface area contributed by atoms with E-state index in [1.165, 1.54) is 12.8 Å². The quantitative estimate of drug-likeness (QED) is 0.821. The van der Waals surface area contributed by atoms with E-state index in [0.717, 1.165) is 51.5 Å². The minimum absolute atomic E-state index is 0.433. The van der Waals surface area contributed by atoms with E-state index in [-0.39, 0.29) is 0 Å². The van der Waals surface area contributed by atoms with E-state index < -0.39 is 5.60 Å². The topological polar surface area (TPSA) is 32.7 Å². The second-order valence-electron chi connectivity index (χ2n) is 6.01. The van der Waals surface area contributed by atoms with Gasteiger partial charge in [-0.1, -0.05) is 13.8 Å². The molecule has 17 heavy (non-hydrogen) atoms. The summed E-state index contributed by atoms with van der Waals surface area (Å²) in [5.74, 6) is 0.793. The molecule has 0 aromatic heterocycles. The Morgan fingerprint density at radius 1 is 1.35 bits per heavy atom. The predicted octanol–water partition coefficient (Wildman–Crippen LogP) is 2.04. The van der Waals surface area contributed by atoms with Gasteiger partial charge in [0.1, 0.15) is 0 Å². The highest BCUT2D eigenvalue weighted by molar-refractivity contribution is 4.89. The van der Waals surface area contributed by atoms with E-state index in [4.69, 9.17) is 4.74 Å². The maximum atomic E-state index is 10.7. The lowest BCUT2D eigenvalue weighted by molar-refractivity contribution is -0.0783. The number of hydrogen-bond donors (Lipinski definition) is 1. The fraction of sp³-hybridized carbons (Fsp3) is 1.00. The number of β-amino-alcohol motifs (C(OH)–C–C–N with tert-alkyl or cyclic N) is 1. The van der Waals surface area contributed by atoms with Gasteiger partial charge in [0.15, 0.2) is 0 Å². The van der Waals surface area contributed by atoms with Crippen LogP contribution in [0.25, 0.3) is 0 Å². The minimum Gasteiger partial charge on any atom is -0.389 e. The van der Waals surface area contributed by atoms with Crippen molar-refractivity contribution in [1.82, 2.24) is 4.90 Å². The van der Waals surface area contributed by atoms with Gasteiger partial charge in [0.25, 0.3) is 0 Å². The molecule has 0 bridgehead atoms. The SMILES string of the molecule is CCC1COCCN1CC1(O)CCC(C)CC1.